The molecule has 13 heavy (non-hydrogen) atoms. The van der Waals surface area contributed by atoms with Gasteiger partial charge in [-0.2, -0.15) is 0 Å². The molecule has 3 saturated carbocycles. The molecule has 3 aliphatic carbocycles. The molecule has 3 rings (SSSR count). The van der Waals surface area contributed by atoms with Crippen molar-refractivity contribution < 1.29 is 0 Å². The third-order valence-electron chi connectivity index (χ3n) is 4.71. The average Bonchev–Trinajstić information content (AvgIpc) is 2.14. The summed E-state index contributed by atoms with van der Waals surface area (Å²) in [5.41, 5.74) is 0.690. The highest BCUT2D eigenvalue weighted by atomic mass is 79.9. The van der Waals surface area contributed by atoms with Crippen LogP contribution in [0.15, 0.2) is 0 Å². The summed E-state index contributed by atoms with van der Waals surface area (Å²) in [6, 6.07) is 0. The van der Waals surface area contributed by atoms with E-state index in [0.717, 1.165) is 17.8 Å². The molecule has 0 heterocycles. The van der Waals surface area contributed by atoms with Gasteiger partial charge in [-0.05, 0) is 55.3 Å². The Morgan fingerprint density at radius 3 is 2.62 bits per heavy atom. The molecule has 0 aliphatic heterocycles. The molecule has 0 radical (unpaired) electrons. The molecular formula is C12H21Br. The van der Waals surface area contributed by atoms with Crippen molar-refractivity contribution in [3.05, 3.63) is 0 Å². The lowest BCUT2D eigenvalue weighted by molar-refractivity contribution is -0.106. The summed E-state index contributed by atoms with van der Waals surface area (Å²) in [6.07, 6.45) is 7.41. The fourth-order valence-corrected chi connectivity index (χ4v) is 3.97. The fraction of sp³-hybridized carbons (Fsp3) is 1.00. The van der Waals surface area contributed by atoms with Crippen molar-refractivity contribution in [1.82, 2.24) is 0 Å². The van der Waals surface area contributed by atoms with Crippen LogP contribution in [-0.4, -0.2) is 5.33 Å². The molecule has 0 aromatic carbocycles. The number of halogens is 1. The second-order valence-electron chi connectivity index (χ2n) is 5.53. The molecule has 0 nitrogen and oxygen atoms in total. The van der Waals surface area contributed by atoms with Crippen LogP contribution in [0.1, 0.15) is 46.0 Å². The molecule has 3 fully saturated rings. The van der Waals surface area contributed by atoms with Crippen molar-refractivity contribution in [2.45, 2.75) is 46.0 Å². The zero-order chi connectivity index (χ0) is 9.47. The SMILES string of the molecule is CC1(C)C2CCC(CCCBr)C1C2. The lowest BCUT2D eigenvalue weighted by atomic mass is 9.45. The Morgan fingerprint density at radius 1 is 1.31 bits per heavy atom. The minimum Gasteiger partial charge on any atom is -0.0928 e. The molecule has 0 spiro atoms. The number of alkyl halides is 1. The molecule has 0 amide bonds. The predicted molar refractivity (Wildman–Crippen MR) is 61.1 cm³/mol. The van der Waals surface area contributed by atoms with Gasteiger partial charge in [-0.1, -0.05) is 29.8 Å². The first-order valence-electron chi connectivity index (χ1n) is 5.72. The van der Waals surface area contributed by atoms with Gasteiger partial charge in [-0.25, -0.2) is 0 Å². The monoisotopic (exact) mass is 244 g/mol. The Kier molecular flexibility index (Phi) is 2.75. The van der Waals surface area contributed by atoms with Crippen LogP contribution < -0.4 is 0 Å². The molecule has 0 N–H and O–H groups in total. The topological polar surface area (TPSA) is 0 Å². The fourth-order valence-electron chi connectivity index (χ4n) is 3.65. The molecule has 3 atom stereocenters. The summed E-state index contributed by atoms with van der Waals surface area (Å²) in [7, 11) is 0. The van der Waals surface area contributed by atoms with Gasteiger partial charge in [0.25, 0.3) is 0 Å². The maximum absolute atomic E-state index is 3.54. The Hall–Kier alpha value is 0.480. The number of hydrogen-bond acceptors (Lipinski definition) is 0. The van der Waals surface area contributed by atoms with Crippen LogP contribution >= 0.6 is 15.9 Å². The first-order chi connectivity index (χ1) is 6.16. The van der Waals surface area contributed by atoms with E-state index in [2.05, 4.69) is 29.8 Å². The molecule has 3 aliphatic rings. The highest BCUT2D eigenvalue weighted by molar-refractivity contribution is 9.09. The zero-order valence-corrected chi connectivity index (χ0v) is 10.4. The van der Waals surface area contributed by atoms with Gasteiger partial charge in [0.1, 0.15) is 0 Å². The van der Waals surface area contributed by atoms with E-state index in [1.807, 2.05) is 0 Å². The summed E-state index contributed by atoms with van der Waals surface area (Å²) < 4.78 is 0. The van der Waals surface area contributed by atoms with E-state index in [0.29, 0.717) is 5.41 Å². The normalized spacial score (nSPS) is 41.3. The minimum atomic E-state index is 0.690. The lowest BCUT2D eigenvalue weighted by Crippen LogP contribution is -2.52. The standard InChI is InChI=1S/C12H21Br/c1-12(2)10-6-5-9(4-3-7-13)11(12)8-10/h9-11H,3-8H2,1-2H3. The van der Waals surface area contributed by atoms with Crippen molar-refractivity contribution >= 4 is 15.9 Å². The van der Waals surface area contributed by atoms with Gasteiger partial charge in [-0.3, -0.25) is 0 Å². The van der Waals surface area contributed by atoms with Crippen molar-refractivity contribution in [1.29, 1.82) is 0 Å². The molecule has 76 valence electrons. The first kappa shape index (κ1) is 10.0. The molecule has 3 unspecified atom stereocenters. The van der Waals surface area contributed by atoms with Crippen molar-refractivity contribution in [3.8, 4) is 0 Å². The quantitative estimate of drug-likeness (QED) is 0.652. The molecule has 0 saturated heterocycles. The Labute approximate surface area is 90.6 Å². The van der Waals surface area contributed by atoms with E-state index in [9.17, 15) is 0 Å². The van der Waals surface area contributed by atoms with Gasteiger partial charge in [0, 0.05) is 5.33 Å². The van der Waals surface area contributed by atoms with Crippen LogP contribution in [0.5, 0.6) is 0 Å². The van der Waals surface area contributed by atoms with Crippen molar-refractivity contribution in [2.24, 2.45) is 23.2 Å². The third-order valence-corrected chi connectivity index (χ3v) is 5.27. The first-order valence-corrected chi connectivity index (χ1v) is 6.84. The second kappa shape index (κ2) is 3.56. The molecular weight excluding hydrogens is 224 g/mol. The molecule has 1 heteroatoms. The van der Waals surface area contributed by atoms with E-state index in [4.69, 9.17) is 0 Å². The number of rotatable bonds is 3. The van der Waals surface area contributed by atoms with Crippen LogP contribution in [0.4, 0.5) is 0 Å². The maximum atomic E-state index is 3.54. The van der Waals surface area contributed by atoms with E-state index in [1.54, 1.807) is 6.42 Å². The average molecular weight is 245 g/mol. The van der Waals surface area contributed by atoms with Gasteiger partial charge in [0.2, 0.25) is 0 Å². The smallest absolute Gasteiger partial charge is 0.00314 e. The summed E-state index contributed by atoms with van der Waals surface area (Å²) >= 11 is 3.54. The van der Waals surface area contributed by atoms with Gasteiger partial charge < -0.3 is 0 Å². The lowest BCUT2D eigenvalue weighted by Gasteiger charge is -2.60. The van der Waals surface area contributed by atoms with Crippen molar-refractivity contribution in [3.63, 3.8) is 0 Å². The van der Waals surface area contributed by atoms with Crippen LogP contribution in [0.3, 0.4) is 0 Å². The van der Waals surface area contributed by atoms with E-state index < -0.39 is 0 Å². The van der Waals surface area contributed by atoms with Gasteiger partial charge in [-0.15, -0.1) is 0 Å². The highest BCUT2D eigenvalue weighted by Gasteiger charge is 2.53. The number of hydrogen-bond donors (Lipinski definition) is 0. The van der Waals surface area contributed by atoms with E-state index in [-0.39, 0.29) is 0 Å². The minimum absolute atomic E-state index is 0.690. The van der Waals surface area contributed by atoms with Crippen LogP contribution in [0.2, 0.25) is 0 Å². The van der Waals surface area contributed by atoms with Crippen LogP contribution in [0.25, 0.3) is 0 Å². The predicted octanol–water partition coefficient (Wildman–Crippen LogP) is 4.23. The van der Waals surface area contributed by atoms with Crippen molar-refractivity contribution in [2.75, 3.05) is 5.33 Å². The van der Waals surface area contributed by atoms with Gasteiger partial charge in [0.05, 0.1) is 0 Å². The summed E-state index contributed by atoms with van der Waals surface area (Å²) in [5, 5.41) is 1.19. The summed E-state index contributed by atoms with van der Waals surface area (Å²) in [4.78, 5) is 0. The van der Waals surface area contributed by atoms with E-state index in [1.165, 1.54) is 31.0 Å². The van der Waals surface area contributed by atoms with Gasteiger partial charge >= 0.3 is 0 Å². The Balaban J connectivity index is 1.91. The largest absolute Gasteiger partial charge is 0.0928 e. The molecule has 0 aromatic rings. The van der Waals surface area contributed by atoms with Gasteiger partial charge in [0.15, 0.2) is 0 Å². The molecule has 2 bridgehead atoms. The summed E-state index contributed by atoms with van der Waals surface area (Å²) in [6.45, 7) is 4.98. The highest BCUT2D eigenvalue weighted by Crippen LogP contribution is 2.62. The van der Waals surface area contributed by atoms with Crippen LogP contribution in [0, 0.1) is 23.2 Å². The third kappa shape index (κ3) is 1.58. The summed E-state index contributed by atoms with van der Waals surface area (Å²) in [5.74, 6) is 3.18. The van der Waals surface area contributed by atoms with Crippen LogP contribution in [-0.2, 0) is 0 Å². The maximum Gasteiger partial charge on any atom is 0.00314 e. The Morgan fingerprint density at radius 2 is 2.08 bits per heavy atom. The second-order valence-corrected chi connectivity index (χ2v) is 6.32. The van der Waals surface area contributed by atoms with E-state index >= 15 is 0 Å². The molecule has 0 aromatic heterocycles. The zero-order valence-electron chi connectivity index (χ0n) is 8.85. The Bertz CT molecular complexity index is 184. The number of fused-ring (bicyclic) bond motifs is 2.